The molecule has 102 valence electrons. The summed E-state index contributed by atoms with van der Waals surface area (Å²) >= 11 is 1.30. The molecule has 1 aliphatic rings. The summed E-state index contributed by atoms with van der Waals surface area (Å²) in [6.45, 7) is 0.119. The molecule has 0 bridgehead atoms. The number of anilines is 1. The number of esters is 1. The Balaban J connectivity index is 2.46. The molecule has 2 heterocycles. The highest BCUT2D eigenvalue weighted by Crippen LogP contribution is 2.25. The van der Waals surface area contributed by atoms with Gasteiger partial charge < -0.3 is 9.84 Å². The maximum atomic E-state index is 11.8. The van der Waals surface area contributed by atoms with Crippen molar-refractivity contribution in [1.82, 2.24) is 9.97 Å². The Hall–Kier alpha value is -1.67. The maximum absolute atomic E-state index is 11.8. The molecule has 1 unspecified atom stereocenters. The first-order valence-electron chi connectivity index (χ1n) is 5.54. The molecule has 1 amide bonds. The van der Waals surface area contributed by atoms with Crippen molar-refractivity contribution in [3.8, 4) is 0 Å². The number of β-amino-alcohol motifs (C(OH)–C–C–N with tert-alkyl or cyclic N) is 1. The lowest BCUT2D eigenvalue weighted by molar-refractivity contribution is -0.117. The maximum Gasteiger partial charge on any atom is 0.343 e. The molecule has 1 aliphatic heterocycles. The van der Waals surface area contributed by atoms with Gasteiger partial charge in [0.1, 0.15) is 5.56 Å². The van der Waals surface area contributed by atoms with Crippen molar-refractivity contribution in [2.75, 3.05) is 24.8 Å². The topological polar surface area (TPSA) is 92.6 Å². The van der Waals surface area contributed by atoms with Crippen molar-refractivity contribution < 1.29 is 19.4 Å². The van der Waals surface area contributed by atoms with E-state index in [1.165, 1.54) is 30.0 Å². The molecule has 7 nitrogen and oxygen atoms in total. The SMILES string of the molecule is COC(=O)c1cnc(SC)nc1N1CC(O)CC1=O. The minimum atomic E-state index is -0.745. The van der Waals surface area contributed by atoms with Gasteiger partial charge >= 0.3 is 5.97 Å². The summed E-state index contributed by atoms with van der Waals surface area (Å²) in [5, 5.41) is 9.96. The van der Waals surface area contributed by atoms with Gasteiger partial charge in [0.2, 0.25) is 5.91 Å². The van der Waals surface area contributed by atoms with E-state index in [9.17, 15) is 14.7 Å². The van der Waals surface area contributed by atoms with Gasteiger partial charge in [0, 0.05) is 6.20 Å². The quantitative estimate of drug-likeness (QED) is 0.477. The predicted molar refractivity (Wildman–Crippen MR) is 68.1 cm³/mol. The zero-order valence-electron chi connectivity index (χ0n) is 10.5. The number of aliphatic hydroxyl groups excluding tert-OH is 1. The number of carbonyl (C=O) groups is 2. The number of nitrogens with zero attached hydrogens (tertiary/aromatic N) is 3. The van der Waals surface area contributed by atoms with Gasteiger partial charge in [-0.05, 0) is 6.26 Å². The molecular formula is C11H13N3O4S. The fourth-order valence-corrected chi connectivity index (χ4v) is 2.14. The molecule has 1 atom stereocenters. The highest BCUT2D eigenvalue weighted by molar-refractivity contribution is 7.98. The molecule has 19 heavy (non-hydrogen) atoms. The van der Waals surface area contributed by atoms with Crippen molar-refractivity contribution in [3.05, 3.63) is 11.8 Å². The largest absolute Gasteiger partial charge is 0.465 e. The summed E-state index contributed by atoms with van der Waals surface area (Å²) < 4.78 is 4.65. The van der Waals surface area contributed by atoms with Crippen LogP contribution in [0.25, 0.3) is 0 Å². The molecule has 1 fully saturated rings. The van der Waals surface area contributed by atoms with Crippen molar-refractivity contribution in [2.45, 2.75) is 17.7 Å². The Labute approximate surface area is 114 Å². The van der Waals surface area contributed by atoms with Crippen LogP contribution in [0.1, 0.15) is 16.8 Å². The van der Waals surface area contributed by atoms with E-state index in [4.69, 9.17) is 0 Å². The van der Waals surface area contributed by atoms with Crippen LogP contribution < -0.4 is 4.90 Å². The Kier molecular flexibility index (Phi) is 4.01. The van der Waals surface area contributed by atoms with Crippen molar-refractivity contribution >= 4 is 29.5 Å². The van der Waals surface area contributed by atoms with E-state index in [2.05, 4.69) is 14.7 Å². The number of aliphatic hydroxyl groups is 1. The lowest BCUT2D eigenvalue weighted by Gasteiger charge is -2.17. The van der Waals surface area contributed by atoms with Gasteiger partial charge in [0.05, 0.1) is 26.2 Å². The van der Waals surface area contributed by atoms with Gasteiger partial charge in [-0.3, -0.25) is 9.69 Å². The van der Waals surface area contributed by atoms with Gasteiger partial charge in [0.25, 0.3) is 0 Å². The van der Waals surface area contributed by atoms with E-state index in [1.54, 1.807) is 6.26 Å². The van der Waals surface area contributed by atoms with E-state index in [-0.39, 0.29) is 30.3 Å². The van der Waals surface area contributed by atoms with E-state index < -0.39 is 12.1 Å². The number of aromatic nitrogens is 2. The summed E-state index contributed by atoms with van der Waals surface area (Å²) in [6, 6.07) is 0. The molecule has 0 aromatic carbocycles. The molecule has 1 saturated heterocycles. The molecule has 0 aliphatic carbocycles. The second-order valence-electron chi connectivity index (χ2n) is 3.95. The van der Waals surface area contributed by atoms with Crippen molar-refractivity contribution in [3.63, 3.8) is 0 Å². The number of hydrogen-bond donors (Lipinski definition) is 1. The first-order chi connectivity index (χ1) is 9.06. The van der Waals surface area contributed by atoms with E-state index in [0.717, 1.165) is 0 Å². The molecule has 8 heteroatoms. The average molecular weight is 283 g/mol. The van der Waals surface area contributed by atoms with Crippen LogP contribution in [0.3, 0.4) is 0 Å². The van der Waals surface area contributed by atoms with Crippen LogP contribution in [0.5, 0.6) is 0 Å². The molecule has 1 N–H and O–H groups in total. The molecule has 1 aromatic heterocycles. The second kappa shape index (κ2) is 5.54. The number of rotatable bonds is 3. The standard InChI is InChI=1S/C11H13N3O4S/c1-18-10(17)7-4-12-11(19-2)13-9(7)14-5-6(15)3-8(14)16/h4,6,15H,3,5H2,1-2H3. The van der Waals surface area contributed by atoms with Gasteiger partial charge in [-0.25, -0.2) is 14.8 Å². The van der Waals surface area contributed by atoms with Crippen molar-refractivity contribution in [1.29, 1.82) is 0 Å². The zero-order valence-corrected chi connectivity index (χ0v) is 11.3. The lowest BCUT2D eigenvalue weighted by atomic mass is 10.3. The minimum Gasteiger partial charge on any atom is -0.465 e. The average Bonchev–Trinajstić information content (AvgIpc) is 2.76. The summed E-state index contributed by atoms with van der Waals surface area (Å²) in [5.74, 6) is -0.701. The van der Waals surface area contributed by atoms with Crippen LogP contribution >= 0.6 is 11.8 Å². The number of amides is 1. The zero-order chi connectivity index (χ0) is 14.0. The monoisotopic (exact) mass is 283 g/mol. The summed E-state index contributed by atoms with van der Waals surface area (Å²) in [4.78, 5) is 32.9. The number of thioether (sulfide) groups is 1. The van der Waals surface area contributed by atoms with E-state index in [1.807, 2.05) is 0 Å². The third kappa shape index (κ3) is 2.69. The summed E-state index contributed by atoms with van der Waals surface area (Å²) in [6.07, 6.45) is 2.40. The van der Waals surface area contributed by atoms with Crippen LogP contribution in [0.2, 0.25) is 0 Å². The smallest absolute Gasteiger partial charge is 0.343 e. The minimum absolute atomic E-state index is 0.0270. The van der Waals surface area contributed by atoms with Crippen LogP contribution in [-0.4, -0.2) is 53.0 Å². The van der Waals surface area contributed by atoms with Crippen LogP contribution in [0.15, 0.2) is 11.4 Å². The molecule has 0 spiro atoms. The number of hydrogen-bond acceptors (Lipinski definition) is 7. The Morgan fingerprint density at radius 2 is 2.37 bits per heavy atom. The number of ether oxygens (including phenoxy) is 1. The fraction of sp³-hybridized carbons (Fsp3) is 0.455. The first kappa shape index (κ1) is 13.8. The molecular weight excluding hydrogens is 270 g/mol. The molecule has 1 aromatic rings. The van der Waals surface area contributed by atoms with Gasteiger partial charge in [0.15, 0.2) is 11.0 Å². The second-order valence-corrected chi connectivity index (χ2v) is 4.72. The third-order valence-corrected chi connectivity index (χ3v) is 3.26. The number of carbonyl (C=O) groups excluding carboxylic acids is 2. The molecule has 0 radical (unpaired) electrons. The lowest BCUT2D eigenvalue weighted by Crippen LogP contribution is -2.28. The van der Waals surface area contributed by atoms with Gasteiger partial charge in [-0.15, -0.1) is 0 Å². The molecule has 0 saturated carbocycles. The predicted octanol–water partition coefficient (Wildman–Crippen LogP) is 0.0827. The van der Waals surface area contributed by atoms with Gasteiger partial charge in [-0.1, -0.05) is 11.8 Å². The summed E-state index contributed by atoms with van der Waals surface area (Å²) in [5.41, 5.74) is 0.114. The fourth-order valence-electron chi connectivity index (χ4n) is 1.81. The Morgan fingerprint density at radius 3 is 2.89 bits per heavy atom. The highest BCUT2D eigenvalue weighted by atomic mass is 32.2. The van der Waals surface area contributed by atoms with Crippen LogP contribution in [-0.2, 0) is 9.53 Å². The Morgan fingerprint density at radius 1 is 1.63 bits per heavy atom. The number of methoxy groups -OCH3 is 1. The first-order valence-corrected chi connectivity index (χ1v) is 6.77. The highest BCUT2D eigenvalue weighted by Gasteiger charge is 2.33. The summed E-state index contributed by atoms with van der Waals surface area (Å²) in [7, 11) is 1.25. The van der Waals surface area contributed by atoms with Crippen molar-refractivity contribution in [2.24, 2.45) is 0 Å². The van der Waals surface area contributed by atoms with Crippen LogP contribution in [0.4, 0.5) is 5.82 Å². The third-order valence-electron chi connectivity index (χ3n) is 2.69. The van der Waals surface area contributed by atoms with E-state index >= 15 is 0 Å². The van der Waals surface area contributed by atoms with Gasteiger partial charge in [-0.2, -0.15) is 0 Å². The van der Waals surface area contributed by atoms with E-state index in [0.29, 0.717) is 5.16 Å². The molecule has 2 rings (SSSR count). The normalized spacial score (nSPS) is 18.8. The van der Waals surface area contributed by atoms with Crippen LogP contribution in [0, 0.1) is 0 Å². The Bertz CT molecular complexity index is 523.